The van der Waals surface area contributed by atoms with Crippen molar-refractivity contribution in [3.63, 3.8) is 0 Å². The second kappa shape index (κ2) is 5.01. The van der Waals surface area contributed by atoms with E-state index in [-0.39, 0.29) is 5.91 Å². The van der Waals surface area contributed by atoms with Gasteiger partial charge in [-0.2, -0.15) is 0 Å². The van der Waals surface area contributed by atoms with Crippen LogP contribution in [0.3, 0.4) is 0 Å². The highest BCUT2D eigenvalue weighted by Crippen LogP contribution is 2.19. The van der Waals surface area contributed by atoms with Gasteiger partial charge in [-0.3, -0.25) is 4.79 Å². The summed E-state index contributed by atoms with van der Waals surface area (Å²) in [5.74, 6) is 0.562. The Morgan fingerprint density at radius 1 is 1.47 bits per heavy atom. The molecular weight excluding hydrogens is 240 g/mol. The molecule has 2 aromatic rings. The zero-order valence-electron chi connectivity index (χ0n) is 10.8. The normalized spacial score (nSPS) is 19.5. The highest BCUT2D eigenvalue weighted by atomic mass is 16.2. The van der Waals surface area contributed by atoms with Crippen molar-refractivity contribution in [2.75, 3.05) is 19.6 Å². The Kier molecular flexibility index (Phi) is 3.21. The first kappa shape index (κ1) is 12.2. The number of nitrogens with two attached hydrogens (primary N) is 1. The number of fused-ring (bicyclic) bond motifs is 1. The van der Waals surface area contributed by atoms with E-state index in [9.17, 15) is 4.79 Å². The first-order valence-corrected chi connectivity index (χ1v) is 6.66. The van der Waals surface area contributed by atoms with Crippen LogP contribution in [0.1, 0.15) is 12.0 Å². The molecule has 1 saturated heterocycles. The Hall–Kier alpha value is -1.88. The number of nitrogens with one attached hydrogen (secondary N) is 1. The molecule has 1 fully saturated rings. The van der Waals surface area contributed by atoms with E-state index < -0.39 is 0 Å². The van der Waals surface area contributed by atoms with Crippen LogP contribution in [0, 0.1) is 5.92 Å². The van der Waals surface area contributed by atoms with Crippen molar-refractivity contribution in [2.45, 2.75) is 12.8 Å². The fourth-order valence-electron chi connectivity index (χ4n) is 2.72. The third-order valence-electron chi connectivity index (χ3n) is 3.83. The van der Waals surface area contributed by atoms with Crippen molar-refractivity contribution >= 4 is 16.9 Å². The average Bonchev–Trinajstić information content (AvgIpc) is 3.02. The Labute approximate surface area is 111 Å². The highest BCUT2D eigenvalue weighted by Gasteiger charge is 2.28. The Morgan fingerprint density at radius 2 is 2.37 bits per heavy atom. The van der Waals surface area contributed by atoms with Gasteiger partial charge in [0.1, 0.15) is 5.65 Å². The van der Waals surface area contributed by atoms with Crippen molar-refractivity contribution in [3.05, 3.63) is 30.1 Å². The number of carbonyl (C=O) groups is 1. The molecule has 1 atom stereocenters. The number of aromatic nitrogens is 2. The Bertz CT molecular complexity index is 592. The van der Waals surface area contributed by atoms with E-state index in [1.807, 2.05) is 29.4 Å². The fraction of sp³-hybridized carbons (Fsp3) is 0.429. The summed E-state index contributed by atoms with van der Waals surface area (Å²) in [6.45, 7) is 2.16. The number of likely N-dealkylation sites (tertiary alicyclic amines) is 1. The quantitative estimate of drug-likeness (QED) is 0.856. The summed E-state index contributed by atoms with van der Waals surface area (Å²) in [5, 5.41) is 1.14. The van der Waals surface area contributed by atoms with E-state index >= 15 is 0 Å². The smallest absolute Gasteiger partial charge is 0.222 e. The molecule has 0 spiro atoms. The third kappa shape index (κ3) is 2.33. The van der Waals surface area contributed by atoms with Crippen molar-refractivity contribution in [1.82, 2.24) is 14.9 Å². The minimum absolute atomic E-state index is 0.231. The fourth-order valence-corrected chi connectivity index (χ4v) is 2.72. The van der Waals surface area contributed by atoms with E-state index in [2.05, 4.69) is 9.97 Å². The number of pyridine rings is 1. The molecule has 3 N–H and O–H groups in total. The molecule has 100 valence electrons. The minimum Gasteiger partial charge on any atom is -0.346 e. The number of amides is 1. The average molecular weight is 258 g/mol. The molecule has 0 aliphatic carbocycles. The van der Waals surface area contributed by atoms with Gasteiger partial charge in [-0.25, -0.2) is 4.98 Å². The molecule has 5 heteroatoms. The van der Waals surface area contributed by atoms with E-state index in [1.54, 1.807) is 0 Å². The van der Waals surface area contributed by atoms with Gasteiger partial charge in [-0.1, -0.05) is 0 Å². The zero-order valence-corrected chi connectivity index (χ0v) is 10.8. The van der Waals surface area contributed by atoms with Crippen LogP contribution < -0.4 is 5.73 Å². The largest absolute Gasteiger partial charge is 0.346 e. The van der Waals surface area contributed by atoms with Gasteiger partial charge in [0.2, 0.25) is 5.91 Å². The predicted octanol–water partition coefficient (Wildman–Crippen LogP) is 0.913. The molecule has 3 heterocycles. The maximum absolute atomic E-state index is 11.8. The number of hydrogen-bond donors (Lipinski definition) is 2. The SMILES string of the molecule is NCC1CC(=O)N(CCc2ccnc3[nH]ccc23)C1. The van der Waals surface area contributed by atoms with Crippen molar-refractivity contribution in [2.24, 2.45) is 11.7 Å². The summed E-state index contributed by atoms with van der Waals surface area (Å²) in [6.07, 6.45) is 5.17. The van der Waals surface area contributed by atoms with Gasteiger partial charge < -0.3 is 15.6 Å². The van der Waals surface area contributed by atoms with Crippen LogP contribution >= 0.6 is 0 Å². The Morgan fingerprint density at radius 3 is 3.16 bits per heavy atom. The maximum Gasteiger partial charge on any atom is 0.222 e. The summed E-state index contributed by atoms with van der Waals surface area (Å²) in [4.78, 5) is 21.1. The van der Waals surface area contributed by atoms with Gasteiger partial charge >= 0.3 is 0 Å². The number of hydrogen-bond acceptors (Lipinski definition) is 3. The summed E-state index contributed by atoms with van der Waals surface area (Å²) in [5.41, 5.74) is 7.77. The van der Waals surface area contributed by atoms with Crippen LogP contribution in [0.15, 0.2) is 24.5 Å². The monoisotopic (exact) mass is 258 g/mol. The van der Waals surface area contributed by atoms with Crippen molar-refractivity contribution in [1.29, 1.82) is 0 Å². The van der Waals surface area contributed by atoms with Crippen molar-refractivity contribution < 1.29 is 4.79 Å². The molecule has 0 bridgehead atoms. The lowest BCUT2D eigenvalue weighted by Gasteiger charge is -2.16. The van der Waals surface area contributed by atoms with Crippen molar-refractivity contribution in [3.8, 4) is 0 Å². The van der Waals surface area contributed by atoms with Gasteiger partial charge in [0.15, 0.2) is 0 Å². The topological polar surface area (TPSA) is 75.0 Å². The second-order valence-corrected chi connectivity index (χ2v) is 5.11. The van der Waals surface area contributed by atoms with E-state index in [0.717, 1.165) is 30.5 Å². The number of H-pyrrole nitrogens is 1. The Balaban J connectivity index is 1.69. The third-order valence-corrected chi connectivity index (χ3v) is 3.83. The maximum atomic E-state index is 11.8. The van der Waals surface area contributed by atoms with Gasteiger partial charge in [0.25, 0.3) is 0 Å². The second-order valence-electron chi connectivity index (χ2n) is 5.11. The molecule has 0 aromatic carbocycles. The van der Waals surface area contributed by atoms with Crippen LogP contribution in [-0.4, -0.2) is 40.4 Å². The van der Waals surface area contributed by atoms with Gasteiger partial charge in [0, 0.05) is 37.3 Å². The molecule has 1 aliphatic heterocycles. The lowest BCUT2D eigenvalue weighted by molar-refractivity contribution is -0.127. The first-order chi connectivity index (χ1) is 9.28. The first-order valence-electron chi connectivity index (χ1n) is 6.66. The summed E-state index contributed by atoms with van der Waals surface area (Å²) >= 11 is 0. The molecule has 0 saturated carbocycles. The molecule has 1 unspecified atom stereocenters. The van der Waals surface area contributed by atoms with Crippen LogP contribution in [0.25, 0.3) is 11.0 Å². The van der Waals surface area contributed by atoms with Crippen LogP contribution in [0.4, 0.5) is 0 Å². The lowest BCUT2D eigenvalue weighted by Crippen LogP contribution is -2.28. The molecule has 0 radical (unpaired) electrons. The van der Waals surface area contributed by atoms with E-state index in [4.69, 9.17) is 5.73 Å². The van der Waals surface area contributed by atoms with Crippen LogP contribution in [0.2, 0.25) is 0 Å². The van der Waals surface area contributed by atoms with Gasteiger partial charge in [-0.15, -0.1) is 0 Å². The van der Waals surface area contributed by atoms with E-state index in [1.165, 1.54) is 5.56 Å². The standard InChI is InChI=1S/C14H18N4O/c15-8-10-7-13(19)18(9-10)6-3-11-1-4-16-14-12(11)2-5-17-14/h1-2,4-5,10H,3,6-9,15H2,(H,16,17). The zero-order chi connectivity index (χ0) is 13.2. The predicted molar refractivity (Wildman–Crippen MR) is 73.5 cm³/mol. The molecule has 3 rings (SSSR count). The highest BCUT2D eigenvalue weighted by molar-refractivity contribution is 5.80. The molecular formula is C14H18N4O. The van der Waals surface area contributed by atoms with Crippen LogP contribution in [0.5, 0.6) is 0 Å². The lowest BCUT2D eigenvalue weighted by atomic mass is 10.1. The molecule has 19 heavy (non-hydrogen) atoms. The summed E-state index contributed by atoms with van der Waals surface area (Å²) in [6, 6.07) is 4.06. The number of carbonyl (C=O) groups excluding carboxylic acids is 1. The molecule has 5 nitrogen and oxygen atoms in total. The van der Waals surface area contributed by atoms with Gasteiger partial charge in [0.05, 0.1) is 0 Å². The van der Waals surface area contributed by atoms with E-state index in [0.29, 0.717) is 18.9 Å². The molecule has 2 aromatic heterocycles. The number of nitrogens with zero attached hydrogens (tertiary/aromatic N) is 2. The van der Waals surface area contributed by atoms with Gasteiger partial charge in [-0.05, 0) is 36.6 Å². The van der Waals surface area contributed by atoms with Crippen LogP contribution in [-0.2, 0) is 11.2 Å². The number of aromatic amines is 1. The molecule has 1 aliphatic rings. The number of rotatable bonds is 4. The summed E-state index contributed by atoms with van der Waals surface area (Å²) < 4.78 is 0. The minimum atomic E-state index is 0.231. The summed E-state index contributed by atoms with van der Waals surface area (Å²) in [7, 11) is 0. The molecule has 1 amide bonds.